The smallest absolute Gasteiger partial charge is 0.237 e. The number of ether oxygens (including phenoxy) is 1. The zero-order chi connectivity index (χ0) is 20.8. The van der Waals surface area contributed by atoms with Gasteiger partial charge in [-0.2, -0.15) is 0 Å². The molecular weight excluding hydrogens is 374 g/mol. The Morgan fingerprint density at radius 2 is 1.60 bits per heavy atom. The summed E-state index contributed by atoms with van der Waals surface area (Å²) in [4.78, 5) is 18.0. The van der Waals surface area contributed by atoms with E-state index in [-0.39, 0.29) is 18.0 Å². The van der Waals surface area contributed by atoms with Gasteiger partial charge in [-0.1, -0.05) is 60.7 Å². The van der Waals surface area contributed by atoms with Crippen molar-refractivity contribution in [1.29, 1.82) is 0 Å². The van der Waals surface area contributed by atoms with Crippen molar-refractivity contribution in [2.45, 2.75) is 38.0 Å². The van der Waals surface area contributed by atoms with Gasteiger partial charge in [0.15, 0.2) is 0 Å². The van der Waals surface area contributed by atoms with Gasteiger partial charge in [0.2, 0.25) is 5.91 Å². The molecule has 2 heterocycles. The predicted molar refractivity (Wildman–Crippen MR) is 119 cm³/mol. The van der Waals surface area contributed by atoms with E-state index in [1.807, 2.05) is 43.3 Å². The summed E-state index contributed by atoms with van der Waals surface area (Å²) >= 11 is 0. The third-order valence-corrected chi connectivity index (χ3v) is 6.37. The number of benzene rings is 2. The lowest BCUT2D eigenvalue weighted by Gasteiger charge is -2.38. The minimum absolute atomic E-state index is 0.0836. The molecule has 1 amide bonds. The van der Waals surface area contributed by atoms with Crippen molar-refractivity contribution in [3.05, 3.63) is 71.8 Å². The molecule has 160 valence electrons. The van der Waals surface area contributed by atoms with Crippen LogP contribution in [0.5, 0.6) is 0 Å². The average Bonchev–Trinajstić information content (AvgIpc) is 3.31. The molecular formula is C25H33N3O2. The van der Waals surface area contributed by atoms with Crippen molar-refractivity contribution < 1.29 is 9.53 Å². The molecule has 0 spiro atoms. The van der Waals surface area contributed by atoms with Gasteiger partial charge in [-0.3, -0.25) is 14.6 Å². The molecule has 0 saturated carbocycles. The topological polar surface area (TPSA) is 44.8 Å². The van der Waals surface area contributed by atoms with Crippen molar-refractivity contribution in [1.82, 2.24) is 15.1 Å². The Morgan fingerprint density at radius 1 is 1.00 bits per heavy atom. The molecule has 0 unspecified atom stereocenters. The molecule has 1 N–H and O–H groups in total. The Hall–Kier alpha value is -2.21. The molecule has 2 aliphatic rings. The lowest BCUT2D eigenvalue weighted by Crippen LogP contribution is -2.55. The number of rotatable bonds is 7. The zero-order valence-electron chi connectivity index (χ0n) is 17.9. The van der Waals surface area contributed by atoms with Crippen LogP contribution in [0.1, 0.15) is 36.9 Å². The summed E-state index contributed by atoms with van der Waals surface area (Å²) in [5, 5.41) is 3.30. The third-order valence-electron chi connectivity index (χ3n) is 6.37. The number of amides is 1. The van der Waals surface area contributed by atoms with Crippen LogP contribution in [0, 0.1) is 0 Å². The Labute approximate surface area is 180 Å². The number of nitrogens with one attached hydrogen (secondary N) is 1. The summed E-state index contributed by atoms with van der Waals surface area (Å²) in [5.74, 6) is 0.0836. The molecule has 4 rings (SSSR count). The lowest BCUT2D eigenvalue weighted by molar-refractivity contribution is -0.127. The van der Waals surface area contributed by atoms with Crippen LogP contribution in [0.2, 0.25) is 0 Å². The molecule has 2 aromatic rings. The summed E-state index contributed by atoms with van der Waals surface area (Å²) in [6.07, 6.45) is 2.76. The first-order valence-electron chi connectivity index (χ1n) is 11.2. The SMILES string of the molecule is C[C@@H](C(=O)NC(c1ccccc1)c1ccccc1)N1CCN(C[C@@H]2CCCO2)CC1. The fourth-order valence-electron chi connectivity index (χ4n) is 4.49. The molecule has 5 heteroatoms. The molecule has 2 atom stereocenters. The first kappa shape index (κ1) is 21.0. The van der Waals surface area contributed by atoms with E-state index in [1.165, 1.54) is 12.8 Å². The van der Waals surface area contributed by atoms with E-state index in [0.717, 1.165) is 50.5 Å². The van der Waals surface area contributed by atoms with Crippen LogP contribution >= 0.6 is 0 Å². The quantitative estimate of drug-likeness (QED) is 0.766. The highest BCUT2D eigenvalue weighted by atomic mass is 16.5. The Balaban J connectivity index is 1.35. The molecule has 0 aliphatic carbocycles. The molecule has 0 radical (unpaired) electrons. The zero-order valence-corrected chi connectivity index (χ0v) is 17.9. The van der Waals surface area contributed by atoms with Gasteiger partial charge in [-0.25, -0.2) is 0 Å². The summed E-state index contributed by atoms with van der Waals surface area (Å²) in [6.45, 7) is 7.80. The van der Waals surface area contributed by atoms with Crippen molar-refractivity contribution >= 4 is 5.91 Å². The number of hydrogen-bond donors (Lipinski definition) is 1. The molecule has 2 saturated heterocycles. The van der Waals surface area contributed by atoms with Gasteiger partial charge in [0, 0.05) is 39.3 Å². The Kier molecular flexibility index (Phi) is 7.16. The maximum absolute atomic E-state index is 13.2. The Bertz CT molecular complexity index is 745. The normalized spacial score (nSPS) is 21.6. The van der Waals surface area contributed by atoms with Gasteiger partial charge in [-0.15, -0.1) is 0 Å². The molecule has 0 bridgehead atoms. The average molecular weight is 408 g/mol. The minimum Gasteiger partial charge on any atom is -0.377 e. The van der Waals surface area contributed by atoms with E-state index in [0.29, 0.717) is 6.10 Å². The second kappa shape index (κ2) is 10.2. The van der Waals surface area contributed by atoms with Crippen molar-refractivity contribution in [3.8, 4) is 0 Å². The van der Waals surface area contributed by atoms with E-state index in [9.17, 15) is 4.79 Å². The predicted octanol–water partition coefficient (Wildman–Crippen LogP) is 3.08. The van der Waals surface area contributed by atoms with Crippen LogP contribution < -0.4 is 5.32 Å². The number of carbonyl (C=O) groups is 1. The van der Waals surface area contributed by atoms with Gasteiger partial charge in [0.25, 0.3) is 0 Å². The molecule has 5 nitrogen and oxygen atoms in total. The molecule has 2 aromatic carbocycles. The molecule has 0 aromatic heterocycles. The first-order valence-corrected chi connectivity index (χ1v) is 11.2. The number of piperazine rings is 1. The third kappa shape index (κ3) is 5.28. The fraction of sp³-hybridized carbons (Fsp3) is 0.480. The van der Waals surface area contributed by atoms with Crippen molar-refractivity contribution in [3.63, 3.8) is 0 Å². The monoisotopic (exact) mass is 407 g/mol. The maximum atomic E-state index is 13.2. The van der Waals surface area contributed by atoms with Crippen LogP contribution in [0.15, 0.2) is 60.7 Å². The van der Waals surface area contributed by atoms with E-state index in [2.05, 4.69) is 39.4 Å². The van der Waals surface area contributed by atoms with E-state index in [1.54, 1.807) is 0 Å². The van der Waals surface area contributed by atoms with Crippen LogP contribution in [0.3, 0.4) is 0 Å². The highest BCUT2D eigenvalue weighted by molar-refractivity contribution is 5.82. The van der Waals surface area contributed by atoms with E-state index >= 15 is 0 Å². The maximum Gasteiger partial charge on any atom is 0.237 e. The second-order valence-electron chi connectivity index (χ2n) is 8.41. The van der Waals surface area contributed by atoms with Gasteiger partial charge in [-0.05, 0) is 30.9 Å². The number of hydrogen-bond acceptors (Lipinski definition) is 4. The number of carbonyl (C=O) groups excluding carboxylic acids is 1. The van der Waals surface area contributed by atoms with Gasteiger partial charge in [0.05, 0.1) is 18.2 Å². The van der Waals surface area contributed by atoms with Gasteiger partial charge >= 0.3 is 0 Å². The second-order valence-corrected chi connectivity index (χ2v) is 8.41. The molecule has 2 aliphatic heterocycles. The fourth-order valence-corrected chi connectivity index (χ4v) is 4.49. The highest BCUT2D eigenvalue weighted by Crippen LogP contribution is 2.22. The summed E-state index contributed by atoms with van der Waals surface area (Å²) in [5.41, 5.74) is 2.20. The first-order chi connectivity index (χ1) is 14.7. The van der Waals surface area contributed by atoms with Crippen molar-refractivity contribution in [2.24, 2.45) is 0 Å². The van der Waals surface area contributed by atoms with Gasteiger partial charge in [0.1, 0.15) is 0 Å². The number of nitrogens with zero attached hydrogens (tertiary/aromatic N) is 2. The Morgan fingerprint density at radius 3 is 2.13 bits per heavy atom. The van der Waals surface area contributed by atoms with Crippen LogP contribution in [0.4, 0.5) is 0 Å². The van der Waals surface area contributed by atoms with Crippen molar-refractivity contribution in [2.75, 3.05) is 39.3 Å². The lowest BCUT2D eigenvalue weighted by atomic mass is 9.98. The standard InChI is InChI=1S/C25H33N3O2/c1-20(28-16-14-27(15-17-28)19-23-13-8-18-30-23)25(29)26-24(21-9-4-2-5-10-21)22-11-6-3-7-12-22/h2-7,9-12,20,23-24H,8,13-19H2,1H3,(H,26,29)/t20-,23-/m0/s1. The van der Waals surface area contributed by atoms with Crippen LogP contribution in [-0.2, 0) is 9.53 Å². The van der Waals surface area contributed by atoms with E-state index < -0.39 is 0 Å². The largest absolute Gasteiger partial charge is 0.377 e. The minimum atomic E-state index is -0.148. The molecule has 2 fully saturated rings. The summed E-state index contributed by atoms with van der Waals surface area (Å²) in [6, 6.07) is 20.1. The van der Waals surface area contributed by atoms with Crippen LogP contribution in [-0.4, -0.2) is 67.2 Å². The highest BCUT2D eigenvalue weighted by Gasteiger charge is 2.29. The summed E-state index contributed by atoms with van der Waals surface area (Å²) in [7, 11) is 0. The van der Waals surface area contributed by atoms with E-state index in [4.69, 9.17) is 4.74 Å². The van der Waals surface area contributed by atoms with Crippen LogP contribution in [0.25, 0.3) is 0 Å². The summed E-state index contributed by atoms with van der Waals surface area (Å²) < 4.78 is 5.78. The molecule has 30 heavy (non-hydrogen) atoms. The van der Waals surface area contributed by atoms with Gasteiger partial charge < -0.3 is 10.1 Å².